The standard InChI is InChI=1S/C25H25N3O2/c1-16-13-23(26)24(27)14-17(16)7-6-12-28-25(29)30-15-22-20-10-4-2-8-18(20)19-9-3-5-11-21(19)22/h2-11,13-14,22H,12,15,26-27H2,1H3,(H,28,29). The number of ether oxygens (including phenoxy) is 1. The van der Waals surface area contributed by atoms with Crippen LogP contribution >= 0.6 is 0 Å². The van der Waals surface area contributed by atoms with Crippen molar-refractivity contribution in [1.29, 1.82) is 0 Å². The number of hydrogen-bond donors (Lipinski definition) is 3. The maximum atomic E-state index is 12.2. The Morgan fingerprint density at radius 1 is 1.00 bits per heavy atom. The third kappa shape index (κ3) is 3.87. The van der Waals surface area contributed by atoms with Gasteiger partial charge in [0, 0.05) is 12.5 Å². The van der Waals surface area contributed by atoms with Gasteiger partial charge in [-0.2, -0.15) is 0 Å². The van der Waals surface area contributed by atoms with Crippen LogP contribution in [-0.2, 0) is 4.74 Å². The van der Waals surface area contributed by atoms with Gasteiger partial charge in [-0.15, -0.1) is 0 Å². The number of nitrogens with one attached hydrogen (secondary N) is 1. The van der Waals surface area contributed by atoms with Crippen molar-refractivity contribution in [3.63, 3.8) is 0 Å². The highest BCUT2D eigenvalue weighted by Gasteiger charge is 2.28. The van der Waals surface area contributed by atoms with E-state index in [1.165, 1.54) is 22.3 Å². The average molecular weight is 399 g/mol. The van der Waals surface area contributed by atoms with E-state index >= 15 is 0 Å². The third-order valence-electron chi connectivity index (χ3n) is 5.48. The Hall–Kier alpha value is -3.73. The summed E-state index contributed by atoms with van der Waals surface area (Å²) < 4.78 is 5.53. The number of benzene rings is 3. The highest BCUT2D eigenvalue weighted by atomic mass is 16.5. The normalized spacial score (nSPS) is 12.6. The number of aryl methyl sites for hydroxylation is 1. The minimum absolute atomic E-state index is 0.0547. The number of nitrogen functional groups attached to an aromatic ring is 2. The number of nitrogens with two attached hydrogens (primary N) is 2. The lowest BCUT2D eigenvalue weighted by atomic mass is 9.98. The summed E-state index contributed by atoms with van der Waals surface area (Å²) in [5.74, 6) is 0.0547. The number of carbonyl (C=O) groups is 1. The molecule has 0 saturated heterocycles. The molecule has 0 spiro atoms. The Morgan fingerprint density at radius 3 is 2.27 bits per heavy atom. The van der Waals surface area contributed by atoms with Crippen molar-refractivity contribution in [2.45, 2.75) is 12.8 Å². The van der Waals surface area contributed by atoms with Gasteiger partial charge >= 0.3 is 6.09 Å². The second-order valence-corrected chi connectivity index (χ2v) is 7.45. The molecule has 4 rings (SSSR count). The maximum absolute atomic E-state index is 12.2. The van der Waals surface area contributed by atoms with Crippen LogP contribution in [-0.4, -0.2) is 19.2 Å². The average Bonchev–Trinajstić information content (AvgIpc) is 3.07. The summed E-state index contributed by atoms with van der Waals surface area (Å²) in [5.41, 5.74) is 19.6. The first-order valence-corrected chi connectivity index (χ1v) is 9.95. The summed E-state index contributed by atoms with van der Waals surface area (Å²) in [6.07, 6.45) is 3.34. The van der Waals surface area contributed by atoms with Crippen LogP contribution in [0.4, 0.5) is 16.2 Å². The fraction of sp³-hybridized carbons (Fsp3) is 0.160. The van der Waals surface area contributed by atoms with E-state index in [1.807, 2.05) is 55.5 Å². The summed E-state index contributed by atoms with van der Waals surface area (Å²) >= 11 is 0. The van der Waals surface area contributed by atoms with Crippen LogP contribution in [0.5, 0.6) is 0 Å². The van der Waals surface area contributed by atoms with Crippen molar-refractivity contribution in [1.82, 2.24) is 5.32 Å². The van der Waals surface area contributed by atoms with E-state index < -0.39 is 6.09 Å². The zero-order valence-electron chi connectivity index (χ0n) is 16.9. The second-order valence-electron chi connectivity index (χ2n) is 7.45. The molecule has 1 aliphatic carbocycles. The van der Waals surface area contributed by atoms with Crippen LogP contribution in [0.3, 0.4) is 0 Å². The Morgan fingerprint density at radius 2 is 1.60 bits per heavy atom. The molecule has 5 nitrogen and oxygen atoms in total. The molecule has 1 amide bonds. The van der Waals surface area contributed by atoms with E-state index in [2.05, 4.69) is 29.6 Å². The molecule has 0 unspecified atom stereocenters. The molecule has 152 valence electrons. The molecule has 30 heavy (non-hydrogen) atoms. The molecular formula is C25H25N3O2. The van der Waals surface area contributed by atoms with Gasteiger partial charge in [-0.3, -0.25) is 0 Å². The van der Waals surface area contributed by atoms with Gasteiger partial charge in [0.1, 0.15) is 6.61 Å². The van der Waals surface area contributed by atoms with Gasteiger partial charge < -0.3 is 21.5 Å². The molecule has 0 aliphatic heterocycles. The molecule has 0 bridgehead atoms. The van der Waals surface area contributed by atoms with Crippen LogP contribution in [0, 0.1) is 6.92 Å². The SMILES string of the molecule is Cc1cc(N)c(N)cc1C=CCNC(=O)OCC1c2ccccc2-c2ccccc21. The third-order valence-corrected chi connectivity index (χ3v) is 5.48. The molecule has 0 aromatic heterocycles. The molecule has 0 radical (unpaired) electrons. The van der Waals surface area contributed by atoms with Gasteiger partial charge in [-0.25, -0.2) is 4.79 Å². The molecule has 3 aromatic carbocycles. The number of hydrogen-bond acceptors (Lipinski definition) is 4. The number of carbonyl (C=O) groups excluding carboxylic acids is 1. The van der Waals surface area contributed by atoms with E-state index in [0.717, 1.165) is 11.1 Å². The van der Waals surface area contributed by atoms with Crippen molar-refractivity contribution in [3.05, 3.63) is 89.0 Å². The molecule has 5 heteroatoms. The number of rotatable bonds is 5. The van der Waals surface area contributed by atoms with Gasteiger partial charge in [-0.1, -0.05) is 60.7 Å². The van der Waals surface area contributed by atoms with Gasteiger partial charge in [0.25, 0.3) is 0 Å². The number of anilines is 2. The summed E-state index contributed by atoms with van der Waals surface area (Å²) in [4.78, 5) is 12.2. The minimum Gasteiger partial charge on any atom is -0.449 e. The lowest BCUT2D eigenvalue weighted by Gasteiger charge is -2.14. The summed E-state index contributed by atoms with van der Waals surface area (Å²) in [6.45, 7) is 2.63. The number of alkyl carbamates (subject to hydrolysis) is 1. The Bertz CT molecular complexity index is 1080. The molecular weight excluding hydrogens is 374 g/mol. The molecule has 1 aliphatic rings. The lowest BCUT2D eigenvalue weighted by molar-refractivity contribution is 0.144. The number of amides is 1. The maximum Gasteiger partial charge on any atom is 0.407 e. The first kappa shape index (κ1) is 19.6. The molecule has 0 fully saturated rings. The molecule has 5 N–H and O–H groups in total. The summed E-state index contributed by atoms with van der Waals surface area (Å²) in [5, 5.41) is 2.77. The van der Waals surface area contributed by atoms with Crippen LogP contribution in [0.15, 0.2) is 66.7 Å². The van der Waals surface area contributed by atoms with Crippen molar-refractivity contribution >= 4 is 23.5 Å². The molecule has 0 atom stereocenters. The predicted molar refractivity (Wildman–Crippen MR) is 122 cm³/mol. The van der Waals surface area contributed by atoms with Gasteiger partial charge in [-0.05, 0) is 52.4 Å². The second kappa shape index (κ2) is 8.33. The lowest BCUT2D eigenvalue weighted by Crippen LogP contribution is -2.26. The highest BCUT2D eigenvalue weighted by molar-refractivity contribution is 5.79. The van der Waals surface area contributed by atoms with Crippen LogP contribution < -0.4 is 16.8 Å². The Labute approximate surface area is 176 Å². The highest BCUT2D eigenvalue weighted by Crippen LogP contribution is 2.44. The largest absolute Gasteiger partial charge is 0.449 e. The van der Waals surface area contributed by atoms with Gasteiger partial charge in [0.15, 0.2) is 0 Å². The number of fused-ring (bicyclic) bond motifs is 3. The van der Waals surface area contributed by atoms with Crippen molar-refractivity contribution in [3.8, 4) is 11.1 Å². The van der Waals surface area contributed by atoms with Gasteiger partial charge in [0.05, 0.1) is 11.4 Å². The van der Waals surface area contributed by atoms with E-state index in [-0.39, 0.29) is 5.92 Å². The fourth-order valence-corrected chi connectivity index (χ4v) is 3.92. The minimum atomic E-state index is -0.435. The zero-order chi connectivity index (χ0) is 21.1. The summed E-state index contributed by atoms with van der Waals surface area (Å²) in [7, 11) is 0. The van der Waals surface area contributed by atoms with Crippen molar-refractivity contribution in [2.24, 2.45) is 0 Å². The monoisotopic (exact) mass is 399 g/mol. The first-order valence-electron chi connectivity index (χ1n) is 9.95. The smallest absolute Gasteiger partial charge is 0.407 e. The van der Waals surface area contributed by atoms with E-state index in [1.54, 1.807) is 0 Å². The van der Waals surface area contributed by atoms with Crippen LogP contribution in [0.25, 0.3) is 17.2 Å². The topological polar surface area (TPSA) is 90.4 Å². The summed E-state index contributed by atoms with van der Waals surface area (Å²) in [6, 6.07) is 20.2. The van der Waals surface area contributed by atoms with Crippen LogP contribution in [0.2, 0.25) is 0 Å². The van der Waals surface area contributed by atoms with Crippen molar-refractivity contribution < 1.29 is 9.53 Å². The fourth-order valence-electron chi connectivity index (χ4n) is 3.92. The zero-order valence-corrected chi connectivity index (χ0v) is 16.9. The molecule has 0 saturated carbocycles. The quantitative estimate of drug-likeness (QED) is 0.542. The molecule has 0 heterocycles. The predicted octanol–water partition coefficient (Wildman–Crippen LogP) is 4.71. The van der Waals surface area contributed by atoms with Gasteiger partial charge in [0.2, 0.25) is 0 Å². The van der Waals surface area contributed by atoms with Crippen molar-refractivity contribution in [2.75, 3.05) is 24.6 Å². The molecule has 3 aromatic rings. The Kier molecular flexibility index (Phi) is 5.44. The Balaban J connectivity index is 1.34. The first-order chi connectivity index (χ1) is 14.5. The van der Waals surface area contributed by atoms with Crippen LogP contribution in [0.1, 0.15) is 28.2 Å². The van der Waals surface area contributed by atoms with E-state index in [0.29, 0.717) is 24.5 Å². The van der Waals surface area contributed by atoms with E-state index in [4.69, 9.17) is 16.2 Å². The van der Waals surface area contributed by atoms with E-state index in [9.17, 15) is 4.79 Å².